The molecule has 300 valence electrons. The van der Waals surface area contributed by atoms with Crippen LogP contribution in [0.15, 0.2) is 66.4 Å². The lowest BCUT2D eigenvalue weighted by Crippen LogP contribution is -2.20. The number of fused-ring (bicyclic) bond motifs is 12. The highest BCUT2D eigenvalue weighted by atomic mass is 28.3. The minimum absolute atomic E-state index is 0.360. The number of aromatic amines is 2. The van der Waals surface area contributed by atoms with Gasteiger partial charge in [-0.1, -0.05) is 106 Å². The lowest BCUT2D eigenvalue weighted by molar-refractivity contribution is 0.557. The highest BCUT2D eigenvalue weighted by Crippen LogP contribution is 2.57. The molecule has 4 nitrogen and oxygen atoms in total. The van der Waals surface area contributed by atoms with E-state index >= 15 is 0 Å². The topological polar surface area (TPSA) is 57.4 Å². The van der Waals surface area contributed by atoms with Gasteiger partial charge in [0, 0.05) is 63.9 Å². The van der Waals surface area contributed by atoms with Crippen LogP contribution in [0, 0.1) is 35.1 Å². The molecule has 0 amide bonds. The van der Waals surface area contributed by atoms with E-state index < -0.39 is 16.1 Å². The van der Waals surface area contributed by atoms with Crippen molar-refractivity contribution in [2.75, 3.05) is 0 Å². The third kappa shape index (κ3) is 5.21. The van der Waals surface area contributed by atoms with Crippen LogP contribution in [0.25, 0.3) is 50.4 Å². The molecule has 3 aromatic heterocycles. The molecule has 2 aliphatic heterocycles. The van der Waals surface area contributed by atoms with E-state index in [0.29, 0.717) is 47.3 Å². The van der Waals surface area contributed by atoms with Gasteiger partial charge in [0.15, 0.2) is 0 Å². The molecule has 0 radical (unpaired) electrons. The fraction of sp³-hybridized carbons (Fsp3) is 0.407. The Morgan fingerprint density at radius 2 is 0.900 bits per heavy atom. The predicted octanol–water partition coefficient (Wildman–Crippen LogP) is 13.5. The molecular formula is C54H56N4Si2. The molecule has 60 heavy (non-hydrogen) atoms. The molecule has 6 heteroatoms. The Labute approximate surface area is 356 Å². The SMILES string of the molecule is C[Si](C)(C)C#Cc1c2nc(cc3[nH]c(c4c3C3C=CC4CC3)c(/C=C/[Si](C)(C)C)c3[nH]c(cc4nc1C1=C4C4C=CC1CC4)c1c3C3C=CC1CC3)C1=C2C2C=CC1CC2. The van der Waals surface area contributed by atoms with Crippen LogP contribution >= 0.6 is 0 Å². The Morgan fingerprint density at radius 1 is 0.517 bits per heavy atom. The van der Waals surface area contributed by atoms with Crippen LogP contribution in [0.3, 0.4) is 0 Å². The number of nitrogens with zero attached hydrogens (tertiary/aromatic N) is 2. The van der Waals surface area contributed by atoms with Gasteiger partial charge in [0.05, 0.1) is 47.4 Å². The molecule has 2 N–H and O–H groups in total. The summed E-state index contributed by atoms with van der Waals surface area (Å²) in [6, 6.07) is 4.97. The predicted molar refractivity (Wildman–Crippen MR) is 256 cm³/mol. The minimum Gasteiger partial charge on any atom is -0.354 e. The van der Waals surface area contributed by atoms with Gasteiger partial charge in [-0.05, 0) is 108 Å². The maximum absolute atomic E-state index is 5.87. The Morgan fingerprint density at radius 3 is 1.28 bits per heavy atom. The fourth-order valence-electron chi connectivity index (χ4n) is 13.0. The molecule has 3 aromatic rings. The second-order valence-electron chi connectivity index (χ2n) is 21.8. The van der Waals surface area contributed by atoms with E-state index in [1.54, 1.807) is 0 Å². The maximum Gasteiger partial charge on any atom is 0.129 e. The van der Waals surface area contributed by atoms with E-state index in [-0.39, 0.29) is 0 Å². The van der Waals surface area contributed by atoms with E-state index in [9.17, 15) is 0 Å². The molecule has 5 heterocycles. The van der Waals surface area contributed by atoms with Gasteiger partial charge < -0.3 is 9.97 Å². The van der Waals surface area contributed by atoms with Gasteiger partial charge in [0.25, 0.3) is 0 Å². The standard InChI is InChI=1S/C54H56N4Si2/c1-59(2,3)25-23-37-51-47-33-15-7-29(8-16-33)43(47)39(55-51)27-41-45-31-11-19-35(20-12-31)49(45)53(57-41)38(24-26-60(4,5)6)54-50-36-21-13-32(14-22-36)46(50)42(58-54)28-40-44-30-9-17-34(18-10-30)48(44)52(37)56-40/h7,9,11,13,15,17,19,21,23,25,27-36,55-56H,8,10,12,14,16,18,20,22H2,1-6H3/b25-23+,39-27?,40-28?,41-27?,42-28?,51-37?,52-37?,53-38?,54-38?. The summed E-state index contributed by atoms with van der Waals surface area (Å²) < 4.78 is 0. The van der Waals surface area contributed by atoms with E-state index in [2.05, 4.69) is 133 Å². The Bertz CT molecular complexity index is 2790. The van der Waals surface area contributed by atoms with Crippen molar-refractivity contribution in [3.63, 3.8) is 0 Å². The summed E-state index contributed by atoms with van der Waals surface area (Å²) in [5.41, 5.74) is 30.4. The molecule has 0 aromatic carbocycles. The number of rotatable bonds is 2. The zero-order valence-electron chi connectivity index (χ0n) is 36.1. The largest absolute Gasteiger partial charge is 0.354 e. The van der Waals surface area contributed by atoms with Crippen LogP contribution in [-0.2, 0) is 0 Å². The van der Waals surface area contributed by atoms with Crippen molar-refractivity contribution in [2.24, 2.45) is 23.7 Å². The summed E-state index contributed by atoms with van der Waals surface area (Å²) in [6.45, 7) is 14.5. The first-order valence-corrected chi connectivity index (χ1v) is 30.4. The molecule has 0 fully saturated rings. The summed E-state index contributed by atoms with van der Waals surface area (Å²) in [5.74, 6) is 7.08. The lowest BCUT2D eigenvalue weighted by Gasteiger charge is -2.34. The fourth-order valence-corrected chi connectivity index (χ4v) is 14.2. The summed E-state index contributed by atoms with van der Waals surface area (Å²) in [5, 5.41) is 0. The van der Waals surface area contributed by atoms with E-state index in [4.69, 9.17) is 9.97 Å². The first-order valence-electron chi connectivity index (χ1n) is 23.3. The number of hydrogen-bond donors (Lipinski definition) is 2. The normalized spacial score (nSPS) is 29.7. The molecule has 0 saturated heterocycles. The van der Waals surface area contributed by atoms with Crippen LogP contribution in [0.4, 0.5) is 0 Å². The summed E-state index contributed by atoms with van der Waals surface area (Å²) in [6.07, 6.45) is 32.2. The van der Waals surface area contributed by atoms with Crippen molar-refractivity contribution < 1.29 is 0 Å². The van der Waals surface area contributed by atoms with Gasteiger partial charge >= 0.3 is 0 Å². The van der Waals surface area contributed by atoms with Crippen molar-refractivity contribution in [2.45, 2.75) is 114 Å². The van der Waals surface area contributed by atoms with Gasteiger partial charge in [0.2, 0.25) is 0 Å². The molecule has 14 aliphatic rings. The molecule has 16 bridgehead atoms. The minimum atomic E-state index is -1.76. The quantitative estimate of drug-likeness (QED) is 0.154. The van der Waals surface area contributed by atoms with E-state index in [1.165, 1.54) is 124 Å². The number of nitrogens with one attached hydrogen (secondary N) is 2. The average molecular weight is 817 g/mol. The summed E-state index contributed by atoms with van der Waals surface area (Å²) in [4.78, 5) is 20.3. The zero-order chi connectivity index (χ0) is 40.4. The molecule has 8 unspecified atom stereocenters. The van der Waals surface area contributed by atoms with Crippen LogP contribution in [0.5, 0.6) is 0 Å². The van der Waals surface area contributed by atoms with Gasteiger partial charge in [-0.3, -0.25) is 0 Å². The van der Waals surface area contributed by atoms with Crippen LogP contribution in [0.2, 0.25) is 39.3 Å². The van der Waals surface area contributed by atoms with E-state index in [1.807, 2.05) is 0 Å². The third-order valence-corrected chi connectivity index (χ3v) is 17.7. The van der Waals surface area contributed by atoms with Crippen molar-refractivity contribution in [1.29, 1.82) is 0 Å². The number of allylic oxidation sites excluding steroid dienone is 12. The number of H-pyrrole nitrogens is 2. The van der Waals surface area contributed by atoms with Gasteiger partial charge in [-0.2, -0.15) is 0 Å². The Hall–Kier alpha value is -4.71. The van der Waals surface area contributed by atoms with Crippen molar-refractivity contribution in [3.8, 4) is 11.5 Å². The van der Waals surface area contributed by atoms with Gasteiger partial charge in [-0.25, -0.2) is 9.97 Å². The van der Waals surface area contributed by atoms with Crippen LogP contribution in [-0.4, -0.2) is 36.1 Å². The second kappa shape index (κ2) is 12.4. The second-order valence-corrected chi connectivity index (χ2v) is 31.6. The van der Waals surface area contributed by atoms with Crippen molar-refractivity contribution >= 4 is 66.6 Å². The number of aromatic nitrogens is 4. The molecule has 8 atom stereocenters. The lowest BCUT2D eigenvalue weighted by atomic mass is 9.69. The summed E-state index contributed by atoms with van der Waals surface area (Å²) >= 11 is 0. The first kappa shape index (κ1) is 36.0. The monoisotopic (exact) mass is 816 g/mol. The maximum atomic E-state index is 5.87. The molecule has 12 aliphatic carbocycles. The van der Waals surface area contributed by atoms with Crippen LogP contribution < -0.4 is 0 Å². The molecule has 0 spiro atoms. The van der Waals surface area contributed by atoms with Crippen molar-refractivity contribution in [1.82, 2.24) is 19.9 Å². The highest BCUT2D eigenvalue weighted by Gasteiger charge is 2.43. The van der Waals surface area contributed by atoms with Crippen LogP contribution in [0.1, 0.15) is 131 Å². The van der Waals surface area contributed by atoms with Gasteiger partial charge in [0.1, 0.15) is 8.07 Å². The highest BCUT2D eigenvalue weighted by molar-refractivity contribution is 6.84. The number of hydrogen-bond acceptors (Lipinski definition) is 2. The van der Waals surface area contributed by atoms with E-state index in [0.717, 1.165) is 28.3 Å². The third-order valence-electron chi connectivity index (χ3n) is 15.6. The van der Waals surface area contributed by atoms with Gasteiger partial charge in [-0.15, -0.1) is 5.54 Å². The Balaban J connectivity index is 1.25. The molecule has 17 rings (SSSR count). The Kier molecular flexibility index (Phi) is 7.47. The molecular weight excluding hydrogens is 761 g/mol. The zero-order valence-corrected chi connectivity index (χ0v) is 38.1. The average Bonchev–Trinajstić information content (AvgIpc) is 4.04. The first-order chi connectivity index (χ1) is 29.0. The summed E-state index contributed by atoms with van der Waals surface area (Å²) in [7, 11) is -3.33. The smallest absolute Gasteiger partial charge is 0.129 e. The molecule has 0 saturated carbocycles. The van der Waals surface area contributed by atoms with Crippen molar-refractivity contribution in [3.05, 3.63) is 123 Å².